The lowest BCUT2D eigenvalue weighted by Crippen LogP contribution is -2.43. The van der Waals surface area contributed by atoms with Gasteiger partial charge < -0.3 is 15.2 Å². The molecule has 0 aliphatic heterocycles. The lowest BCUT2D eigenvalue weighted by atomic mass is 10.1. The van der Waals surface area contributed by atoms with E-state index in [1.807, 2.05) is 10.8 Å². The Labute approximate surface area is 127 Å². The van der Waals surface area contributed by atoms with Crippen LogP contribution in [0.15, 0.2) is 16.8 Å². The van der Waals surface area contributed by atoms with Gasteiger partial charge in [0.25, 0.3) is 0 Å². The van der Waals surface area contributed by atoms with Crippen LogP contribution in [0.1, 0.15) is 32.8 Å². The Morgan fingerprint density at radius 2 is 2.05 bits per heavy atom. The van der Waals surface area contributed by atoms with E-state index in [4.69, 9.17) is 9.84 Å². The van der Waals surface area contributed by atoms with E-state index in [1.165, 1.54) is 11.3 Å². The molecule has 21 heavy (non-hydrogen) atoms. The van der Waals surface area contributed by atoms with Crippen LogP contribution in [0.3, 0.4) is 0 Å². The molecular weight excluding hydrogens is 294 g/mol. The van der Waals surface area contributed by atoms with Crippen molar-refractivity contribution in [1.82, 2.24) is 5.32 Å². The summed E-state index contributed by atoms with van der Waals surface area (Å²) in [5.41, 5.74) is 0.111. The van der Waals surface area contributed by atoms with Crippen molar-refractivity contribution in [2.45, 2.75) is 45.3 Å². The van der Waals surface area contributed by atoms with Gasteiger partial charge in [0.1, 0.15) is 11.6 Å². The molecule has 1 heterocycles. The number of carbonyl (C=O) groups is 3. The first-order chi connectivity index (χ1) is 9.67. The highest BCUT2D eigenvalue weighted by Gasteiger charge is 2.26. The van der Waals surface area contributed by atoms with Gasteiger partial charge in [0.15, 0.2) is 0 Å². The zero-order chi connectivity index (χ0) is 16.0. The van der Waals surface area contributed by atoms with Crippen molar-refractivity contribution < 1.29 is 24.2 Å². The van der Waals surface area contributed by atoms with Crippen LogP contribution in [0.4, 0.5) is 0 Å². The molecule has 0 fully saturated rings. The number of aliphatic carboxylic acids is 1. The van der Waals surface area contributed by atoms with Crippen molar-refractivity contribution in [3.63, 3.8) is 0 Å². The first-order valence-corrected chi connectivity index (χ1v) is 7.37. The lowest BCUT2D eigenvalue weighted by Gasteiger charge is -2.21. The van der Waals surface area contributed by atoms with Crippen molar-refractivity contribution in [3.8, 4) is 0 Å². The maximum Gasteiger partial charge on any atom is 0.326 e. The number of esters is 1. The summed E-state index contributed by atoms with van der Waals surface area (Å²) >= 11 is 1.45. The lowest BCUT2D eigenvalue weighted by molar-refractivity contribution is -0.158. The molecule has 116 valence electrons. The molecule has 6 nitrogen and oxygen atoms in total. The van der Waals surface area contributed by atoms with E-state index in [-0.39, 0.29) is 6.42 Å². The highest BCUT2D eigenvalue weighted by Crippen LogP contribution is 2.10. The van der Waals surface area contributed by atoms with E-state index in [0.717, 1.165) is 5.56 Å². The minimum atomic E-state index is -1.29. The van der Waals surface area contributed by atoms with E-state index < -0.39 is 35.9 Å². The summed E-state index contributed by atoms with van der Waals surface area (Å²) in [5, 5.41) is 15.1. The molecule has 0 saturated carbocycles. The summed E-state index contributed by atoms with van der Waals surface area (Å²) in [6.45, 7) is 5.07. The van der Waals surface area contributed by atoms with Gasteiger partial charge in [-0.3, -0.25) is 9.59 Å². The minimum absolute atomic E-state index is 0.0849. The summed E-state index contributed by atoms with van der Waals surface area (Å²) in [4.78, 5) is 34.5. The number of carboxylic acid groups (broad SMARTS) is 1. The Balaban J connectivity index is 2.55. The van der Waals surface area contributed by atoms with Gasteiger partial charge in [-0.1, -0.05) is 0 Å². The van der Waals surface area contributed by atoms with Crippen molar-refractivity contribution in [1.29, 1.82) is 0 Å². The molecule has 7 heteroatoms. The number of thiophene rings is 1. The van der Waals surface area contributed by atoms with Crippen LogP contribution in [-0.4, -0.2) is 34.6 Å². The van der Waals surface area contributed by atoms with Gasteiger partial charge in [-0.15, -0.1) is 0 Å². The third-order valence-electron chi connectivity index (χ3n) is 2.37. The maximum atomic E-state index is 11.8. The van der Waals surface area contributed by atoms with E-state index in [9.17, 15) is 14.4 Å². The van der Waals surface area contributed by atoms with Crippen LogP contribution >= 0.6 is 11.3 Å². The van der Waals surface area contributed by atoms with E-state index in [0.29, 0.717) is 0 Å². The number of hydrogen-bond donors (Lipinski definition) is 2. The van der Waals surface area contributed by atoms with Crippen molar-refractivity contribution in [2.75, 3.05) is 0 Å². The van der Waals surface area contributed by atoms with Gasteiger partial charge in [0.05, 0.1) is 12.8 Å². The standard InChI is InChI=1S/C14H19NO5S/c1-14(2,3)20-12(17)7-10(13(18)19)15-11(16)6-9-4-5-21-8-9/h4-5,8,10H,6-7H2,1-3H3,(H,15,16)(H,18,19)/t10-/m0/s1. The Kier molecular flexibility index (Phi) is 5.90. The molecule has 1 aromatic rings. The second-order valence-electron chi connectivity index (χ2n) is 5.56. The monoisotopic (exact) mass is 313 g/mol. The highest BCUT2D eigenvalue weighted by atomic mass is 32.1. The molecule has 0 aromatic carbocycles. The summed E-state index contributed by atoms with van der Waals surface area (Å²) in [6, 6.07) is 0.499. The second kappa shape index (κ2) is 7.21. The largest absolute Gasteiger partial charge is 0.480 e. The zero-order valence-corrected chi connectivity index (χ0v) is 13.0. The molecular formula is C14H19NO5S. The van der Waals surface area contributed by atoms with Crippen LogP contribution in [0.25, 0.3) is 0 Å². The molecule has 0 unspecified atom stereocenters. The molecule has 1 aromatic heterocycles. The Hall–Kier alpha value is -1.89. The van der Waals surface area contributed by atoms with Gasteiger partial charge in [-0.2, -0.15) is 11.3 Å². The molecule has 0 aliphatic rings. The van der Waals surface area contributed by atoms with Gasteiger partial charge in [-0.25, -0.2) is 4.79 Å². The van der Waals surface area contributed by atoms with E-state index in [2.05, 4.69) is 5.32 Å². The van der Waals surface area contributed by atoms with Gasteiger partial charge >= 0.3 is 11.9 Å². The topological polar surface area (TPSA) is 92.7 Å². The molecule has 1 atom stereocenters. The van der Waals surface area contributed by atoms with E-state index in [1.54, 1.807) is 26.8 Å². The molecule has 0 aliphatic carbocycles. The minimum Gasteiger partial charge on any atom is -0.480 e. The van der Waals surface area contributed by atoms with Crippen LogP contribution in [-0.2, 0) is 25.5 Å². The fourth-order valence-electron chi connectivity index (χ4n) is 1.57. The highest BCUT2D eigenvalue weighted by molar-refractivity contribution is 7.07. The molecule has 0 bridgehead atoms. The Morgan fingerprint density at radius 3 is 2.52 bits per heavy atom. The summed E-state index contributed by atoms with van der Waals surface area (Å²) in [7, 11) is 0. The molecule has 0 saturated heterocycles. The SMILES string of the molecule is CC(C)(C)OC(=O)C[C@H](NC(=O)Cc1ccsc1)C(=O)O. The van der Waals surface area contributed by atoms with Crippen LogP contribution in [0.2, 0.25) is 0 Å². The van der Waals surface area contributed by atoms with Crippen molar-refractivity contribution in [3.05, 3.63) is 22.4 Å². The fraction of sp³-hybridized carbons (Fsp3) is 0.500. The van der Waals surface area contributed by atoms with E-state index >= 15 is 0 Å². The summed E-state index contributed by atoms with van der Waals surface area (Å²) < 4.78 is 5.05. The number of nitrogens with one attached hydrogen (secondary N) is 1. The van der Waals surface area contributed by atoms with Crippen LogP contribution < -0.4 is 5.32 Å². The van der Waals surface area contributed by atoms with Gasteiger partial charge in [0, 0.05) is 0 Å². The average molecular weight is 313 g/mol. The number of carboxylic acids is 1. The van der Waals surface area contributed by atoms with Crippen LogP contribution in [0.5, 0.6) is 0 Å². The summed E-state index contributed by atoms with van der Waals surface area (Å²) in [5.74, 6) is -2.37. The Morgan fingerprint density at radius 1 is 1.38 bits per heavy atom. The molecule has 0 radical (unpaired) electrons. The Bertz CT molecular complexity index is 504. The average Bonchev–Trinajstić information content (AvgIpc) is 2.77. The molecule has 0 spiro atoms. The first kappa shape index (κ1) is 17.2. The van der Waals surface area contributed by atoms with Crippen LogP contribution in [0, 0.1) is 0 Å². The van der Waals surface area contributed by atoms with Crippen molar-refractivity contribution in [2.24, 2.45) is 0 Å². The van der Waals surface area contributed by atoms with Gasteiger partial charge in [-0.05, 0) is 43.2 Å². The number of carbonyl (C=O) groups excluding carboxylic acids is 2. The number of rotatable bonds is 6. The first-order valence-electron chi connectivity index (χ1n) is 6.42. The number of hydrogen-bond acceptors (Lipinski definition) is 5. The van der Waals surface area contributed by atoms with Crippen molar-refractivity contribution >= 4 is 29.2 Å². The number of amides is 1. The molecule has 2 N–H and O–H groups in total. The molecule has 1 rings (SSSR count). The maximum absolute atomic E-state index is 11.8. The predicted molar refractivity (Wildman–Crippen MR) is 78.1 cm³/mol. The number of ether oxygens (including phenoxy) is 1. The second-order valence-corrected chi connectivity index (χ2v) is 6.34. The van der Waals surface area contributed by atoms with Gasteiger partial charge in [0.2, 0.25) is 5.91 Å². The summed E-state index contributed by atoms with van der Waals surface area (Å²) in [6.07, 6.45) is -0.316. The smallest absolute Gasteiger partial charge is 0.326 e. The quantitative estimate of drug-likeness (QED) is 0.778. The third-order valence-corrected chi connectivity index (χ3v) is 3.10. The molecule has 1 amide bonds. The predicted octanol–water partition coefficient (Wildman–Crippen LogP) is 1.59. The zero-order valence-electron chi connectivity index (χ0n) is 12.2. The fourth-order valence-corrected chi connectivity index (χ4v) is 2.24. The third kappa shape index (κ3) is 6.89. The normalized spacial score (nSPS) is 12.5.